The number of nitrogen functional groups attached to an aromatic ring is 1. The summed E-state index contributed by atoms with van der Waals surface area (Å²) in [7, 11) is 0. The topological polar surface area (TPSA) is 43.0 Å². The average Bonchev–Trinajstić information content (AvgIpc) is 3.21. The lowest BCUT2D eigenvalue weighted by Crippen LogP contribution is -2.01. The second kappa shape index (κ2) is 7.88. The van der Waals surface area contributed by atoms with Crippen molar-refractivity contribution in [1.29, 1.82) is 0 Å². The minimum atomic E-state index is 0.760. The maximum absolute atomic E-state index is 6.45. The summed E-state index contributed by atoms with van der Waals surface area (Å²) in [5.41, 5.74) is 14.8. The lowest BCUT2D eigenvalue weighted by molar-refractivity contribution is 1.18. The van der Waals surface area contributed by atoms with Crippen molar-refractivity contribution in [3.8, 4) is 16.8 Å². The minimum Gasteiger partial charge on any atom is -0.398 e. The standard InChI is InChI=1S/C30H23N3/c31-27-17-9-7-15-23(27)25-19-20-26-24-16-8-10-18-28(24)33(22-13-5-2-6-14-22)30(26)29(25)32-21-11-3-1-4-12-21/h1-20,32H,31H2. The normalized spacial score (nSPS) is 11.2. The number of nitrogens with zero attached hydrogens (tertiary/aromatic N) is 1. The highest BCUT2D eigenvalue weighted by Gasteiger charge is 2.19. The van der Waals surface area contributed by atoms with Crippen molar-refractivity contribution in [2.45, 2.75) is 0 Å². The smallest absolute Gasteiger partial charge is 0.0783 e. The molecule has 1 aromatic heterocycles. The molecule has 33 heavy (non-hydrogen) atoms. The number of nitrogens with one attached hydrogen (secondary N) is 1. The summed E-state index contributed by atoms with van der Waals surface area (Å²) < 4.78 is 2.35. The van der Waals surface area contributed by atoms with Gasteiger partial charge in [0.1, 0.15) is 0 Å². The molecule has 0 radical (unpaired) electrons. The first-order valence-electron chi connectivity index (χ1n) is 11.1. The third-order valence-corrected chi connectivity index (χ3v) is 6.15. The first-order chi connectivity index (χ1) is 16.3. The van der Waals surface area contributed by atoms with Crippen LogP contribution in [0.15, 0.2) is 121 Å². The molecule has 6 aromatic rings. The summed E-state index contributed by atoms with van der Waals surface area (Å²) in [6, 6.07) is 41.9. The number of fused-ring (bicyclic) bond motifs is 3. The molecule has 0 aliphatic rings. The van der Waals surface area contributed by atoms with Gasteiger partial charge >= 0.3 is 0 Å². The van der Waals surface area contributed by atoms with Crippen LogP contribution in [0.2, 0.25) is 0 Å². The molecule has 1 heterocycles. The molecule has 0 unspecified atom stereocenters. The van der Waals surface area contributed by atoms with E-state index >= 15 is 0 Å². The van der Waals surface area contributed by atoms with Crippen LogP contribution in [0.5, 0.6) is 0 Å². The molecule has 0 amide bonds. The van der Waals surface area contributed by atoms with Crippen molar-refractivity contribution >= 4 is 38.9 Å². The van der Waals surface area contributed by atoms with E-state index in [-0.39, 0.29) is 0 Å². The molecule has 0 spiro atoms. The quantitative estimate of drug-likeness (QED) is 0.283. The fourth-order valence-corrected chi connectivity index (χ4v) is 4.66. The van der Waals surface area contributed by atoms with E-state index in [9.17, 15) is 0 Å². The van der Waals surface area contributed by atoms with Gasteiger partial charge < -0.3 is 15.6 Å². The van der Waals surface area contributed by atoms with Crippen LogP contribution in [0.25, 0.3) is 38.6 Å². The Balaban J connectivity index is 1.77. The molecule has 0 atom stereocenters. The van der Waals surface area contributed by atoms with Crippen LogP contribution in [0.4, 0.5) is 17.1 Å². The third kappa shape index (κ3) is 3.22. The van der Waals surface area contributed by atoms with E-state index in [1.165, 1.54) is 16.3 Å². The van der Waals surface area contributed by atoms with Crippen LogP contribution >= 0.6 is 0 Å². The van der Waals surface area contributed by atoms with Gasteiger partial charge in [0, 0.05) is 39.0 Å². The van der Waals surface area contributed by atoms with Gasteiger partial charge in [0.2, 0.25) is 0 Å². The molecule has 6 rings (SSSR count). The van der Waals surface area contributed by atoms with Gasteiger partial charge in [-0.1, -0.05) is 84.9 Å². The van der Waals surface area contributed by atoms with E-state index < -0.39 is 0 Å². The summed E-state index contributed by atoms with van der Waals surface area (Å²) in [6.45, 7) is 0. The summed E-state index contributed by atoms with van der Waals surface area (Å²) in [5.74, 6) is 0. The van der Waals surface area contributed by atoms with Crippen LogP contribution in [-0.4, -0.2) is 4.57 Å². The van der Waals surface area contributed by atoms with E-state index in [2.05, 4.69) is 94.8 Å². The largest absolute Gasteiger partial charge is 0.398 e. The highest BCUT2D eigenvalue weighted by atomic mass is 15.0. The van der Waals surface area contributed by atoms with Crippen LogP contribution in [0.3, 0.4) is 0 Å². The Kier molecular flexibility index (Phi) is 4.59. The summed E-state index contributed by atoms with van der Waals surface area (Å²) in [5, 5.41) is 6.16. The fourth-order valence-electron chi connectivity index (χ4n) is 4.66. The second-order valence-electron chi connectivity index (χ2n) is 8.15. The van der Waals surface area contributed by atoms with Crippen molar-refractivity contribution in [3.05, 3.63) is 121 Å². The molecule has 0 fully saturated rings. The Hall–Kier alpha value is -4.50. The van der Waals surface area contributed by atoms with Gasteiger partial charge in [-0.25, -0.2) is 0 Å². The summed E-state index contributed by atoms with van der Waals surface area (Å²) in [4.78, 5) is 0. The van der Waals surface area contributed by atoms with Gasteiger partial charge in [-0.2, -0.15) is 0 Å². The molecule has 3 N–H and O–H groups in total. The molecule has 5 aromatic carbocycles. The predicted molar refractivity (Wildman–Crippen MR) is 140 cm³/mol. The van der Waals surface area contributed by atoms with Gasteiger partial charge in [-0.05, 0) is 36.4 Å². The van der Waals surface area contributed by atoms with Gasteiger partial charge in [0.15, 0.2) is 0 Å². The first-order valence-corrected chi connectivity index (χ1v) is 11.1. The molecule has 0 aliphatic carbocycles. The Morgan fingerprint density at radius 2 is 1.21 bits per heavy atom. The lowest BCUT2D eigenvalue weighted by Gasteiger charge is -2.18. The van der Waals surface area contributed by atoms with Crippen LogP contribution in [0.1, 0.15) is 0 Å². The van der Waals surface area contributed by atoms with E-state index in [1.54, 1.807) is 0 Å². The molecular weight excluding hydrogens is 402 g/mol. The number of benzene rings is 5. The Morgan fingerprint density at radius 3 is 2.00 bits per heavy atom. The molecule has 0 saturated heterocycles. The second-order valence-corrected chi connectivity index (χ2v) is 8.15. The molecule has 0 bridgehead atoms. The van der Waals surface area contributed by atoms with Crippen molar-refractivity contribution in [3.63, 3.8) is 0 Å². The third-order valence-electron chi connectivity index (χ3n) is 6.15. The number of anilines is 3. The number of para-hydroxylation sites is 4. The first kappa shape index (κ1) is 19.2. The molecule has 3 heteroatoms. The van der Waals surface area contributed by atoms with Crippen molar-refractivity contribution < 1.29 is 0 Å². The van der Waals surface area contributed by atoms with Crippen molar-refractivity contribution in [2.75, 3.05) is 11.1 Å². The fraction of sp³-hybridized carbons (Fsp3) is 0. The average molecular weight is 426 g/mol. The highest BCUT2D eigenvalue weighted by Crippen LogP contribution is 2.43. The van der Waals surface area contributed by atoms with Crippen molar-refractivity contribution in [1.82, 2.24) is 4.57 Å². The monoisotopic (exact) mass is 425 g/mol. The summed E-state index contributed by atoms with van der Waals surface area (Å²) in [6.07, 6.45) is 0. The Bertz CT molecular complexity index is 1580. The molecular formula is C30H23N3. The van der Waals surface area contributed by atoms with Crippen LogP contribution in [-0.2, 0) is 0 Å². The maximum atomic E-state index is 6.45. The molecule has 0 aliphatic heterocycles. The number of nitrogens with two attached hydrogens (primary N) is 1. The van der Waals surface area contributed by atoms with Crippen LogP contribution < -0.4 is 11.1 Å². The van der Waals surface area contributed by atoms with E-state index in [4.69, 9.17) is 5.73 Å². The lowest BCUT2D eigenvalue weighted by atomic mass is 9.99. The zero-order valence-electron chi connectivity index (χ0n) is 18.1. The number of hydrogen-bond acceptors (Lipinski definition) is 2. The van der Waals surface area contributed by atoms with E-state index in [1.807, 2.05) is 36.4 Å². The zero-order valence-corrected chi connectivity index (χ0v) is 18.1. The zero-order chi connectivity index (χ0) is 22.2. The number of hydrogen-bond donors (Lipinski definition) is 2. The number of rotatable bonds is 4. The van der Waals surface area contributed by atoms with Gasteiger partial charge in [-0.3, -0.25) is 0 Å². The Morgan fingerprint density at radius 1 is 0.545 bits per heavy atom. The minimum absolute atomic E-state index is 0.760. The molecule has 3 nitrogen and oxygen atoms in total. The molecule has 158 valence electrons. The van der Waals surface area contributed by atoms with Gasteiger partial charge in [0.05, 0.1) is 16.7 Å². The summed E-state index contributed by atoms with van der Waals surface area (Å²) >= 11 is 0. The maximum Gasteiger partial charge on any atom is 0.0783 e. The van der Waals surface area contributed by atoms with Crippen molar-refractivity contribution in [2.24, 2.45) is 0 Å². The SMILES string of the molecule is Nc1ccccc1-c1ccc2c3ccccc3n(-c3ccccc3)c2c1Nc1ccccc1. The van der Waals surface area contributed by atoms with E-state index in [0.29, 0.717) is 0 Å². The molecule has 0 saturated carbocycles. The van der Waals surface area contributed by atoms with E-state index in [0.717, 1.165) is 39.4 Å². The van der Waals surface area contributed by atoms with Gasteiger partial charge in [-0.15, -0.1) is 0 Å². The van der Waals surface area contributed by atoms with Gasteiger partial charge in [0.25, 0.3) is 0 Å². The highest BCUT2D eigenvalue weighted by molar-refractivity contribution is 6.16. The Labute approximate surface area is 192 Å². The number of aromatic nitrogens is 1. The van der Waals surface area contributed by atoms with Crippen LogP contribution in [0, 0.1) is 0 Å². The predicted octanol–water partition coefficient (Wildman–Crippen LogP) is 7.78.